The zero-order valence-electron chi connectivity index (χ0n) is 10.4. The summed E-state index contributed by atoms with van der Waals surface area (Å²) in [6.45, 7) is 7.65. The molecule has 17 heavy (non-hydrogen) atoms. The van der Waals surface area contributed by atoms with Gasteiger partial charge >= 0.3 is 0 Å². The number of hydrogen-bond acceptors (Lipinski definition) is 3. The van der Waals surface area contributed by atoms with E-state index in [-0.39, 0.29) is 0 Å². The number of likely N-dealkylation sites (tertiary alicyclic amines) is 1. The van der Waals surface area contributed by atoms with E-state index < -0.39 is 0 Å². The molecule has 2 saturated heterocycles. The third-order valence-corrected chi connectivity index (χ3v) is 4.59. The topological polar surface area (TPSA) is 33.1 Å². The van der Waals surface area contributed by atoms with E-state index >= 15 is 0 Å². The molecule has 2 atom stereocenters. The molecule has 0 saturated carbocycles. The highest BCUT2D eigenvalue weighted by Gasteiger charge is 2.36. The summed E-state index contributed by atoms with van der Waals surface area (Å²) in [5, 5.41) is 8.67. The number of hydrogen-bond donors (Lipinski definition) is 1. The van der Waals surface area contributed by atoms with Crippen molar-refractivity contribution in [3.05, 3.63) is 16.4 Å². The van der Waals surface area contributed by atoms with E-state index in [9.17, 15) is 0 Å². The second kappa shape index (κ2) is 4.26. The zero-order valence-corrected chi connectivity index (χ0v) is 11.2. The van der Waals surface area contributed by atoms with E-state index in [1.165, 1.54) is 26.2 Å². The van der Waals surface area contributed by atoms with Crippen molar-refractivity contribution < 1.29 is 0 Å². The summed E-state index contributed by atoms with van der Waals surface area (Å²) >= 11 is 6.29. The van der Waals surface area contributed by atoms with Crippen molar-refractivity contribution in [1.29, 1.82) is 0 Å². The first-order valence-corrected chi connectivity index (χ1v) is 6.64. The van der Waals surface area contributed by atoms with Crippen LogP contribution in [-0.4, -0.2) is 40.9 Å². The molecule has 1 aromatic heterocycles. The lowest BCUT2D eigenvalue weighted by atomic mass is 10.0. The molecule has 5 heteroatoms. The summed E-state index contributed by atoms with van der Waals surface area (Å²) in [6.07, 6.45) is 0. The van der Waals surface area contributed by atoms with Crippen LogP contribution in [0.3, 0.4) is 0 Å². The second-order valence-corrected chi connectivity index (χ2v) is 5.72. The first-order chi connectivity index (χ1) is 8.15. The largest absolute Gasteiger partial charge is 0.316 e. The van der Waals surface area contributed by atoms with Crippen molar-refractivity contribution in [3.8, 4) is 0 Å². The average Bonchev–Trinajstić information content (AvgIpc) is 2.89. The van der Waals surface area contributed by atoms with Crippen LogP contribution in [0.15, 0.2) is 0 Å². The van der Waals surface area contributed by atoms with E-state index in [0.717, 1.165) is 34.8 Å². The van der Waals surface area contributed by atoms with Crippen LogP contribution >= 0.6 is 11.6 Å². The Kier molecular flexibility index (Phi) is 2.89. The predicted molar refractivity (Wildman–Crippen MR) is 68.1 cm³/mol. The third kappa shape index (κ3) is 1.98. The summed E-state index contributed by atoms with van der Waals surface area (Å²) in [6, 6.07) is 0. The number of aryl methyl sites for hydroxylation is 2. The molecular formula is C12H19ClN4. The summed E-state index contributed by atoms with van der Waals surface area (Å²) in [4.78, 5) is 2.51. The average molecular weight is 255 g/mol. The fraction of sp³-hybridized carbons (Fsp3) is 0.750. The molecular weight excluding hydrogens is 236 g/mol. The van der Waals surface area contributed by atoms with E-state index in [1.54, 1.807) is 0 Å². The molecule has 0 spiro atoms. The quantitative estimate of drug-likeness (QED) is 0.856. The van der Waals surface area contributed by atoms with Gasteiger partial charge in [-0.2, -0.15) is 5.10 Å². The Bertz CT molecular complexity index is 416. The van der Waals surface area contributed by atoms with Crippen molar-refractivity contribution in [2.45, 2.75) is 13.5 Å². The molecule has 0 amide bonds. The standard InChI is InChI=1S/C12H19ClN4/c1-8-12(13)11(16(2)15-8)7-17-5-9-3-14-4-10(9)6-17/h9-10,14H,3-7H2,1-2H3/t9-,10+. The SMILES string of the molecule is Cc1nn(C)c(CN2C[C@H]3CNC[C@H]3C2)c1Cl. The summed E-state index contributed by atoms with van der Waals surface area (Å²) in [7, 11) is 1.98. The van der Waals surface area contributed by atoms with Gasteiger partial charge in [0.1, 0.15) is 0 Å². The monoisotopic (exact) mass is 254 g/mol. The van der Waals surface area contributed by atoms with Crippen LogP contribution in [0.1, 0.15) is 11.4 Å². The van der Waals surface area contributed by atoms with Gasteiger partial charge in [-0.15, -0.1) is 0 Å². The number of halogens is 1. The van der Waals surface area contributed by atoms with Gasteiger partial charge in [0, 0.05) is 26.7 Å². The van der Waals surface area contributed by atoms with Crippen LogP contribution in [0, 0.1) is 18.8 Å². The molecule has 2 fully saturated rings. The normalized spacial score (nSPS) is 28.9. The number of rotatable bonds is 2. The molecule has 94 valence electrons. The number of fused-ring (bicyclic) bond motifs is 1. The summed E-state index contributed by atoms with van der Waals surface area (Å²) < 4.78 is 1.92. The molecule has 1 N–H and O–H groups in total. The van der Waals surface area contributed by atoms with Crippen LogP contribution in [-0.2, 0) is 13.6 Å². The van der Waals surface area contributed by atoms with E-state index in [2.05, 4.69) is 15.3 Å². The van der Waals surface area contributed by atoms with E-state index in [1.807, 2.05) is 18.7 Å². The second-order valence-electron chi connectivity index (χ2n) is 5.34. The zero-order chi connectivity index (χ0) is 12.0. The van der Waals surface area contributed by atoms with Gasteiger partial charge in [0.25, 0.3) is 0 Å². The number of aromatic nitrogens is 2. The first-order valence-electron chi connectivity index (χ1n) is 6.26. The van der Waals surface area contributed by atoms with Gasteiger partial charge in [0.15, 0.2) is 0 Å². The summed E-state index contributed by atoms with van der Waals surface area (Å²) in [5.74, 6) is 1.67. The van der Waals surface area contributed by atoms with Crippen molar-refractivity contribution in [1.82, 2.24) is 20.0 Å². The Hall–Kier alpha value is -0.580. The van der Waals surface area contributed by atoms with Gasteiger partial charge < -0.3 is 5.32 Å². The fourth-order valence-electron chi connectivity index (χ4n) is 3.15. The van der Waals surface area contributed by atoms with Crippen molar-refractivity contribution in [2.24, 2.45) is 18.9 Å². The van der Waals surface area contributed by atoms with Gasteiger partial charge in [0.2, 0.25) is 0 Å². The predicted octanol–water partition coefficient (Wildman–Crippen LogP) is 1.03. The minimum Gasteiger partial charge on any atom is -0.316 e. The lowest BCUT2D eigenvalue weighted by Crippen LogP contribution is -2.26. The Morgan fingerprint density at radius 1 is 1.35 bits per heavy atom. The molecule has 0 unspecified atom stereocenters. The van der Waals surface area contributed by atoms with Crippen LogP contribution < -0.4 is 5.32 Å². The highest BCUT2D eigenvalue weighted by Crippen LogP contribution is 2.29. The Labute approximate surface area is 107 Å². The molecule has 0 bridgehead atoms. The Balaban J connectivity index is 1.71. The van der Waals surface area contributed by atoms with Crippen LogP contribution in [0.5, 0.6) is 0 Å². The lowest BCUT2D eigenvalue weighted by Gasteiger charge is -2.17. The maximum absolute atomic E-state index is 6.29. The maximum Gasteiger partial charge on any atom is 0.0860 e. The van der Waals surface area contributed by atoms with Crippen molar-refractivity contribution in [3.63, 3.8) is 0 Å². The maximum atomic E-state index is 6.29. The van der Waals surface area contributed by atoms with Crippen LogP contribution in [0.25, 0.3) is 0 Å². The smallest absolute Gasteiger partial charge is 0.0860 e. The minimum absolute atomic E-state index is 0.836. The van der Waals surface area contributed by atoms with Crippen molar-refractivity contribution in [2.75, 3.05) is 26.2 Å². The summed E-state index contributed by atoms with van der Waals surface area (Å²) in [5.41, 5.74) is 2.09. The molecule has 3 heterocycles. The van der Waals surface area contributed by atoms with Gasteiger partial charge in [0.05, 0.1) is 16.4 Å². The fourth-order valence-corrected chi connectivity index (χ4v) is 3.37. The van der Waals surface area contributed by atoms with Gasteiger partial charge in [-0.25, -0.2) is 0 Å². The molecule has 0 radical (unpaired) electrons. The highest BCUT2D eigenvalue weighted by atomic mass is 35.5. The van der Waals surface area contributed by atoms with Crippen molar-refractivity contribution >= 4 is 11.6 Å². The third-order valence-electron chi connectivity index (χ3n) is 4.10. The molecule has 2 aliphatic heterocycles. The van der Waals surface area contributed by atoms with Gasteiger partial charge in [-0.05, 0) is 31.8 Å². The lowest BCUT2D eigenvalue weighted by molar-refractivity contribution is 0.297. The number of nitrogens with zero attached hydrogens (tertiary/aromatic N) is 3. The molecule has 0 aromatic carbocycles. The van der Waals surface area contributed by atoms with Gasteiger partial charge in [-0.3, -0.25) is 9.58 Å². The highest BCUT2D eigenvalue weighted by molar-refractivity contribution is 6.31. The first kappa shape index (κ1) is 11.5. The van der Waals surface area contributed by atoms with E-state index in [4.69, 9.17) is 11.6 Å². The molecule has 4 nitrogen and oxygen atoms in total. The number of nitrogens with one attached hydrogen (secondary N) is 1. The minimum atomic E-state index is 0.836. The van der Waals surface area contributed by atoms with Crippen LogP contribution in [0.2, 0.25) is 5.02 Å². The molecule has 3 rings (SSSR count). The Morgan fingerprint density at radius 3 is 2.53 bits per heavy atom. The molecule has 2 aliphatic rings. The Morgan fingerprint density at radius 2 is 2.00 bits per heavy atom. The molecule has 1 aromatic rings. The van der Waals surface area contributed by atoms with Crippen LogP contribution in [0.4, 0.5) is 0 Å². The van der Waals surface area contributed by atoms with E-state index in [0.29, 0.717) is 0 Å². The molecule has 0 aliphatic carbocycles. The van der Waals surface area contributed by atoms with Gasteiger partial charge in [-0.1, -0.05) is 11.6 Å².